The lowest BCUT2D eigenvalue weighted by Gasteiger charge is -2.20. The molecule has 0 saturated heterocycles. The van der Waals surface area contributed by atoms with Crippen LogP contribution < -0.4 is 5.32 Å². The van der Waals surface area contributed by atoms with Crippen LogP contribution in [0, 0.1) is 6.92 Å². The van der Waals surface area contributed by atoms with Gasteiger partial charge in [0.25, 0.3) is 5.91 Å². The zero-order valence-corrected chi connectivity index (χ0v) is 16.4. The number of oxazole rings is 1. The number of halogens is 1. The molecule has 0 spiro atoms. The Labute approximate surface area is 163 Å². The van der Waals surface area contributed by atoms with Crippen LogP contribution in [0.25, 0.3) is 11.5 Å². The van der Waals surface area contributed by atoms with E-state index in [1.165, 1.54) is 6.07 Å². The van der Waals surface area contributed by atoms with Gasteiger partial charge in [-0.25, -0.2) is 4.98 Å². The van der Waals surface area contributed by atoms with Gasteiger partial charge in [0, 0.05) is 5.56 Å². The summed E-state index contributed by atoms with van der Waals surface area (Å²) >= 11 is 6.31. The SMILES string of the molecule is Cc1coc(-c2ccc(NC(=O)c3cc(C(C)(C)C)ccc3O)c(Cl)c2)n1. The van der Waals surface area contributed by atoms with Crippen LogP contribution in [0.4, 0.5) is 5.69 Å². The first kappa shape index (κ1) is 19.0. The summed E-state index contributed by atoms with van der Waals surface area (Å²) in [5, 5.41) is 13.2. The number of rotatable bonds is 3. The van der Waals surface area contributed by atoms with Crippen molar-refractivity contribution in [2.45, 2.75) is 33.1 Å². The van der Waals surface area contributed by atoms with E-state index >= 15 is 0 Å². The number of carbonyl (C=O) groups is 1. The van der Waals surface area contributed by atoms with Crippen LogP contribution >= 0.6 is 11.6 Å². The maximum atomic E-state index is 12.7. The van der Waals surface area contributed by atoms with Crippen LogP contribution in [0.1, 0.15) is 42.4 Å². The van der Waals surface area contributed by atoms with Gasteiger partial charge in [-0.15, -0.1) is 0 Å². The Morgan fingerprint density at radius 3 is 2.52 bits per heavy atom. The number of hydrogen-bond donors (Lipinski definition) is 2. The van der Waals surface area contributed by atoms with Gasteiger partial charge in [-0.3, -0.25) is 4.79 Å². The molecule has 140 valence electrons. The van der Waals surface area contributed by atoms with E-state index in [1.807, 2.05) is 33.8 Å². The Kier molecular flexibility index (Phi) is 4.98. The number of nitrogens with zero attached hydrogens (tertiary/aromatic N) is 1. The fourth-order valence-corrected chi connectivity index (χ4v) is 2.84. The number of aromatic nitrogens is 1. The minimum absolute atomic E-state index is 0.0801. The third-order valence-corrected chi connectivity index (χ3v) is 4.50. The molecule has 1 amide bonds. The summed E-state index contributed by atoms with van der Waals surface area (Å²) in [7, 11) is 0. The quantitative estimate of drug-likeness (QED) is 0.619. The summed E-state index contributed by atoms with van der Waals surface area (Å²) in [5.41, 5.74) is 2.93. The summed E-state index contributed by atoms with van der Waals surface area (Å²) in [4.78, 5) is 16.9. The van der Waals surface area contributed by atoms with E-state index in [0.717, 1.165) is 11.3 Å². The molecule has 27 heavy (non-hydrogen) atoms. The Hall–Kier alpha value is -2.79. The third-order valence-electron chi connectivity index (χ3n) is 4.19. The largest absolute Gasteiger partial charge is 0.507 e. The van der Waals surface area contributed by atoms with Crippen LogP contribution in [0.15, 0.2) is 47.1 Å². The Bertz CT molecular complexity index is 1000. The molecule has 0 fully saturated rings. The van der Waals surface area contributed by atoms with Gasteiger partial charge in [0.1, 0.15) is 12.0 Å². The Morgan fingerprint density at radius 2 is 1.93 bits per heavy atom. The zero-order chi connectivity index (χ0) is 19.8. The molecule has 0 bridgehead atoms. The maximum Gasteiger partial charge on any atom is 0.259 e. The summed E-state index contributed by atoms with van der Waals surface area (Å²) in [6, 6.07) is 10.2. The molecule has 1 heterocycles. The summed E-state index contributed by atoms with van der Waals surface area (Å²) in [6.07, 6.45) is 1.56. The second-order valence-electron chi connectivity index (χ2n) is 7.42. The lowest BCUT2D eigenvalue weighted by Crippen LogP contribution is -2.16. The lowest BCUT2D eigenvalue weighted by molar-refractivity contribution is 0.102. The Balaban J connectivity index is 1.86. The van der Waals surface area contributed by atoms with Gasteiger partial charge in [-0.2, -0.15) is 0 Å². The Morgan fingerprint density at radius 1 is 1.19 bits per heavy atom. The van der Waals surface area contributed by atoms with E-state index in [0.29, 0.717) is 22.2 Å². The van der Waals surface area contributed by atoms with E-state index in [2.05, 4.69) is 10.3 Å². The van der Waals surface area contributed by atoms with E-state index in [-0.39, 0.29) is 16.7 Å². The molecule has 3 aromatic rings. The van der Waals surface area contributed by atoms with Crippen molar-refractivity contribution in [2.24, 2.45) is 0 Å². The summed E-state index contributed by atoms with van der Waals surface area (Å²) in [5.74, 6) is -0.0495. The highest BCUT2D eigenvalue weighted by molar-refractivity contribution is 6.34. The highest BCUT2D eigenvalue weighted by Gasteiger charge is 2.19. The van der Waals surface area contributed by atoms with Crippen LogP contribution in [0.2, 0.25) is 5.02 Å². The molecule has 2 aromatic carbocycles. The molecule has 0 aliphatic carbocycles. The number of phenols is 1. The highest BCUT2D eigenvalue weighted by Crippen LogP contribution is 2.31. The average Bonchev–Trinajstić information content (AvgIpc) is 3.02. The molecule has 0 atom stereocenters. The number of aryl methyl sites for hydroxylation is 1. The van der Waals surface area contributed by atoms with Crippen LogP contribution in [0.5, 0.6) is 5.75 Å². The summed E-state index contributed by atoms with van der Waals surface area (Å²) < 4.78 is 5.37. The molecule has 0 unspecified atom stereocenters. The van der Waals surface area contributed by atoms with Crippen molar-refractivity contribution in [3.63, 3.8) is 0 Å². The van der Waals surface area contributed by atoms with Crippen molar-refractivity contribution in [2.75, 3.05) is 5.32 Å². The second-order valence-corrected chi connectivity index (χ2v) is 7.83. The first-order valence-electron chi connectivity index (χ1n) is 8.52. The van der Waals surface area contributed by atoms with E-state index in [9.17, 15) is 9.90 Å². The summed E-state index contributed by atoms with van der Waals surface area (Å²) in [6.45, 7) is 7.96. The van der Waals surface area contributed by atoms with E-state index in [4.69, 9.17) is 16.0 Å². The minimum atomic E-state index is -0.430. The number of benzene rings is 2. The monoisotopic (exact) mass is 384 g/mol. The molecular formula is C21H21ClN2O3. The van der Waals surface area contributed by atoms with Crippen molar-refractivity contribution < 1.29 is 14.3 Å². The van der Waals surface area contributed by atoms with Gasteiger partial charge in [0.15, 0.2) is 0 Å². The lowest BCUT2D eigenvalue weighted by atomic mass is 9.86. The number of anilines is 1. The minimum Gasteiger partial charge on any atom is -0.507 e. The number of nitrogens with one attached hydrogen (secondary N) is 1. The predicted molar refractivity (Wildman–Crippen MR) is 106 cm³/mol. The third kappa shape index (κ3) is 4.14. The van der Waals surface area contributed by atoms with Crippen LogP contribution in [0.3, 0.4) is 0 Å². The van der Waals surface area contributed by atoms with Gasteiger partial charge in [-0.1, -0.05) is 38.4 Å². The molecule has 2 N–H and O–H groups in total. The van der Waals surface area contributed by atoms with Gasteiger partial charge >= 0.3 is 0 Å². The predicted octanol–water partition coefficient (Wildman–Crippen LogP) is 5.56. The van der Waals surface area contributed by atoms with Crippen molar-refractivity contribution in [1.29, 1.82) is 0 Å². The average molecular weight is 385 g/mol. The molecule has 0 saturated carbocycles. The van der Waals surface area contributed by atoms with Gasteiger partial charge in [-0.05, 0) is 48.2 Å². The topological polar surface area (TPSA) is 75.4 Å². The van der Waals surface area contributed by atoms with Gasteiger partial charge < -0.3 is 14.8 Å². The van der Waals surface area contributed by atoms with Gasteiger partial charge in [0.05, 0.1) is 22.0 Å². The van der Waals surface area contributed by atoms with Crippen LogP contribution in [-0.2, 0) is 5.41 Å². The molecule has 6 heteroatoms. The smallest absolute Gasteiger partial charge is 0.259 e. The fraction of sp³-hybridized carbons (Fsp3) is 0.238. The van der Waals surface area contributed by atoms with Crippen molar-refractivity contribution in [1.82, 2.24) is 4.98 Å². The standard InChI is InChI=1S/C21H21ClN2O3/c1-12-11-27-20(23-12)13-5-7-17(16(22)9-13)24-19(26)15-10-14(21(2,3)4)6-8-18(15)25/h5-11,25H,1-4H3,(H,24,26). The van der Waals surface area contributed by atoms with E-state index < -0.39 is 5.91 Å². The van der Waals surface area contributed by atoms with Crippen molar-refractivity contribution >= 4 is 23.2 Å². The first-order chi connectivity index (χ1) is 12.6. The number of phenolic OH excluding ortho intramolecular Hbond substituents is 1. The molecule has 1 aromatic heterocycles. The van der Waals surface area contributed by atoms with Crippen molar-refractivity contribution in [3.8, 4) is 17.2 Å². The van der Waals surface area contributed by atoms with Crippen LogP contribution in [-0.4, -0.2) is 16.0 Å². The first-order valence-corrected chi connectivity index (χ1v) is 8.90. The van der Waals surface area contributed by atoms with Gasteiger partial charge in [0.2, 0.25) is 5.89 Å². The molecule has 5 nitrogen and oxygen atoms in total. The number of amides is 1. The van der Waals surface area contributed by atoms with E-state index in [1.54, 1.807) is 30.5 Å². The normalized spacial score (nSPS) is 11.4. The maximum absolute atomic E-state index is 12.7. The molecule has 0 radical (unpaired) electrons. The molecule has 0 aliphatic heterocycles. The van der Waals surface area contributed by atoms with Crippen molar-refractivity contribution in [3.05, 3.63) is 64.5 Å². The number of carbonyl (C=O) groups excluding carboxylic acids is 1. The molecule has 0 aliphatic rings. The second kappa shape index (κ2) is 7.08. The number of hydrogen-bond acceptors (Lipinski definition) is 4. The molecule has 3 rings (SSSR count). The highest BCUT2D eigenvalue weighted by atomic mass is 35.5. The fourth-order valence-electron chi connectivity index (χ4n) is 2.61. The zero-order valence-electron chi connectivity index (χ0n) is 15.6. The number of aromatic hydroxyl groups is 1. The molecular weight excluding hydrogens is 364 g/mol.